The second-order valence-corrected chi connectivity index (χ2v) is 2.94. The van der Waals surface area contributed by atoms with Crippen molar-refractivity contribution < 1.29 is 9.53 Å². The lowest BCUT2D eigenvalue weighted by molar-refractivity contribution is 0.0954. The van der Waals surface area contributed by atoms with Crippen molar-refractivity contribution in [2.45, 2.75) is 6.92 Å². The van der Waals surface area contributed by atoms with Crippen LogP contribution >= 0.6 is 11.3 Å². The summed E-state index contributed by atoms with van der Waals surface area (Å²) in [4.78, 5) is 11.6. The smallest absolute Gasteiger partial charge is 0.279 e. The average Bonchev–Trinajstić information content (AvgIpc) is 2.52. The van der Waals surface area contributed by atoms with Gasteiger partial charge in [-0.05, 0) is 18.4 Å². The van der Waals surface area contributed by atoms with Crippen LogP contribution in [0.15, 0.2) is 11.4 Å². The topological polar surface area (TPSA) is 64.3 Å². The molecule has 1 aromatic heterocycles. The summed E-state index contributed by atoms with van der Waals surface area (Å²) in [7, 11) is 0. The number of hydrogen-bond acceptors (Lipinski definition) is 4. The Morgan fingerprint density at radius 2 is 2.58 bits per heavy atom. The first-order valence-corrected chi connectivity index (χ1v) is 4.38. The molecule has 3 N–H and O–H groups in total. The third-order valence-corrected chi connectivity index (χ3v) is 2.16. The lowest BCUT2D eigenvalue weighted by Gasteiger charge is -2.02. The zero-order valence-corrected chi connectivity index (χ0v) is 7.48. The van der Waals surface area contributed by atoms with Gasteiger partial charge in [0.05, 0.1) is 6.61 Å². The van der Waals surface area contributed by atoms with Crippen molar-refractivity contribution in [1.82, 2.24) is 5.43 Å². The predicted octanol–water partition coefficient (Wildman–Crippen LogP) is 0.750. The van der Waals surface area contributed by atoms with Gasteiger partial charge in [0.1, 0.15) is 10.6 Å². The van der Waals surface area contributed by atoms with Gasteiger partial charge < -0.3 is 4.74 Å². The number of rotatable bonds is 3. The maximum absolute atomic E-state index is 11.1. The van der Waals surface area contributed by atoms with E-state index in [0.29, 0.717) is 17.2 Å². The van der Waals surface area contributed by atoms with Crippen molar-refractivity contribution in [3.8, 4) is 5.75 Å². The predicted molar refractivity (Wildman–Crippen MR) is 47.1 cm³/mol. The van der Waals surface area contributed by atoms with Gasteiger partial charge in [-0.25, -0.2) is 5.84 Å². The van der Waals surface area contributed by atoms with Crippen molar-refractivity contribution in [2.24, 2.45) is 5.84 Å². The number of carbonyl (C=O) groups excluding carboxylic acids is 1. The maximum Gasteiger partial charge on any atom is 0.279 e. The SMILES string of the molecule is CCOc1ccsc1C(=O)NN. The first-order valence-electron chi connectivity index (χ1n) is 3.50. The highest BCUT2D eigenvalue weighted by molar-refractivity contribution is 7.12. The van der Waals surface area contributed by atoms with E-state index in [1.54, 1.807) is 11.4 Å². The third kappa shape index (κ3) is 1.75. The zero-order chi connectivity index (χ0) is 8.97. The molecule has 0 spiro atoms. The Morgan fingerprint density at radius 3 is 3.17 bits per heavy atom. The molecule has 0 bridgehead atoms. The fraction of sp³-hybridized carbons (Fsp3) is 0.286. The van der Waals surface area contributed by atoms with E-state index < -0.39 is 0 Å². The van der Waals surface area contributed by atoms with Crippen LogP contribution in [0.1, 0.15) is 16.6 Å². The third-order valence-electron chi connectivity index (χ3n) is 1.27. The lowest BCUT2D eigenvalue weighted by atomic mass is 10.4. The Balaban J connectivity index is 2.83. The molecule has 4 nitrogen and oxygen atoms in total. The minimum Gasteiger partial charge on any atom is -0.492 e. The van der Waals surface area contributed by atoms with Crippen molar-refractivity contribution in [2.75, 3.05) is 6.61 Å². The van der Waals surface area contributed by atoms with E-state index >= 15 is 0 Å². The van der Waals surface area contributed by atoms with Crippen LogP contribution in [0, 0.1) is 0 Å². The molecule has 0 unspecified atom stereocenters. The molecule has 0 radical (unpaired) electrons. The van der Waals surface area contributed by atoms with Crippen molar-refractivity contribution in [1.29, 1.82) is 0 Å². The summed E-state index contributed by atoms with van der Waals surface area (Å²) in [6.45, 7) is 2.41. The van der Waals surface area contributed by atoms with Gasteiger partial charge in [-0.3, -0.25) is 10.2 Å². The summed E-state index contributed by atoms with van der Waals surface area (Å²) >= 11 is 1.31. The fourth-order valence-corrected chi connectivity index (χ4v) is 1.53. The van der Waals surface area contributed by atoms with Gasteiger partial charge in [0, 0.05) is 0 Å². The second-order valence-electron chi connectivity index (χ2n) is 2.02. The van der Waals surface area contributed by atoms with E-state index in [1.165, 1.54) is 11.3 Å². The number of thiophene rings is 1. The van der Waals surface area contributed by atoms with Gasteiger partial charge in [0.2, 0.25) is 0 Å². The van der Waals surface area contributed by atoms with Crippen LogP contribution in [0.25, 0.3) is 0 Å². The average molecular weight is 186 g/mol. The molecule has 1 aromatic rings. The molecular formula is C7H10N2O2S. The van der Waals surface area contributed by atoms with E-state index in [2.05, 4.69) is 5.43 Å². The Hall–Kier alpha value is -1.07. The fourth-order valence-electron chi connectivity index (χ4n) is 0.798. The summed E-state index contributed by atoms with van der Waals surface area (Å²) in [5.74, 6) is 5.26. The molecule has 0 aromatic carbocycles. The summed E-state index contributed by atoms with van der Waals surface area (Å²) in [5.41, 5.74) is 2.06. The molecule has 0 atom stereocenters. The highest BCUT2D eigenvalue weighted by Crippen LogP contribution is 2.24. The molecule has 0 saturated heterocycles. The Bertz CT molecular complexity index is 272. The minimum atomic E-state index is -0.312. The second kappa shape index (κ2) is 4.08. The van der Waals surface area contributed by atoms with E-state index in [4.69, 9.17) is 10.6 Å². The maximum atomic E-state index is 11.1. The molecule has 66 valence electrons. The summed E-state index contributed by atoms with van der Waals surface area (Å²) in [6.07, 6.45) is 0. The highest BCUT2D eigenvalue weighted by atomic mass is 32.1. The van der Waals surface area contributed by atoms with Crippen molar-refractivity contribution >= 4 is 17.2 Å². The van der Waals surface area contributed by atoms with Gasteiger partial charge in [0.25, 0.3) is 5.91 Å². The molecule has 1 heterocycles. The number of hydrogen-bond donors (Lipinski definition) is 2. The summed E-state index contributed by atoms with van der Waals surface area (Å²) < 4.78 is 5.19. The quantitative estimate of drug-likeness (QED) is 0.416. The van der Waals surface area contributed by atoms with E-state index in [0.717, 1.165) is 0 Å². The molecule has 1 amide bonds. The molecule has 0 fully saturated rings. The number of nitrogens with one attached hydrogen (secondary N) is 1. The first-order chi connectivity index (χ1) is 5.79. The number of nitrogen functional groups attached to an aromatic ring is 1. The van der Waals surface area contributed by atoms with Crippen LogP contribution in [-0.2, 0) is 0 Å². The van der Waals surface area contributed by atoms with Gasteiger partial charge in [-0.15, -0.1) is 11.3 Å². The Kier molecular flexibility index (Phi) is 3.07. The highest BCUT2D eigenvalue weighted by Gasteiger charge is 2.11. The molecule has 1 rings (SSSR count). The van der Waals surface area contributed by atoms with Crippen molar-refractivity contribution in [3.63, 3.8) is 0 Å². The zero-order valence-electron chi connectivity index (χ0n) is 6.66. The monoisotopic (exact) mass is 186 g/mol. The van der Waals surface area contributed by atoms with Crippen LogP contribution in [0.2, 0.25) is 0 Å². The van der Waals surface area contributed by atoms with Gasteiger partial charge in [0.15, 0.2) is 0 Å². The molecule has 0 aliphatic heterocycles. The molecule has 0 aliphatic rings. The Labute approximate surface area is 74.3 Å². The van der Waals surface area contributed by atoms with Gasteiger partial charge >= 0.3 is 0 Å². The lowest BCUT2D eigenvalue weighted by Crippen LogP contribution is -2.29. The number of hydrazine groups is 1. The van der Waals surface area contributed by atoms with E-state index in [9.17, 15) is 4.79 Å². The van der Waals surface area contributed by atoms with Crippen LogP contribution in [0.3, 0.4) is 0 Å². The van der Waals surface area contributed by atoms with Crippen LogP contribution < -0.4 is 16.0 Å². The molecular weight excluding hydrogens is 176 g/mol. The van der Waals surface area contributed by atoms with E-state index in [-0.39, 0.29) is 5.91 Å². The van der Waals surface area contributed by atoms with E-state index in [1.807, 2.05) is 6.92 Å². The molecule has 5 heteroatoms. The standard InChI is InChI=1S/C7H10N2O2S/c1-2-11-5-3-4-12-6(5)7(10)9-8/h3-4H,2,8H2,1H3,(H,9,10). The molecule has 12 heavy (non-hydrogen) atoms. The summed E-state index contributed by atoms with van der Waals surface area (Å²) in [5, 5.41) is 1.79. The largest absolute Gasteiger partial charge is 0.492 e. The number of carbonyl (C=O) groups is 1. The number of ether oxygens (including phenoxy) is 1. The first kappa shape index (κ1) is 9.02. The number of amides is 1. The van der Waals surface area contributed by atoms with Crippen LogP contribution in [-0.4, -0.2) is 12.5 Å². The normalized spacial score (nSPS) is 9.50. The molecule has 0 saturated carbocycles. The van der Waals surface area contributed by atoms with Gasteiger partial charge in [-0.1, -0.05) is 0 Å². The van der Waals surface area contributed by atoms with Crippen molar-refractivity contribution in [3.05, 3.63) is 16.3 Å². The summed E-state index contributed by atoms with van der Waals surface area (Å²) in [6, 6.07) is 1.75. The Morgan fingerprint density at radius 1 is 1.83 bits per heavy atom. The van der Waals surface area contributed by atoms with Gasteiger partial charge in [-0.2, -0.15) is 0 Å². The van der Waals surface area contributed by atoms with Crippen LogP contribution in [0.4, 0.5) is 0 Å². The minimum absolute atomic E-state index is 0.312. The number of nitrogens with two attached hydrogens (primary N) is 1. The van der Waals surface area contributed by atoms with Crippen LogP contribution in [0.5, 0.6) is 5.75 Å². The molecule has 0 aliphatic carbocycles.